The van der Waals surface area contributed by atoms with Crippen LogP contribution in [-0.4, -0.2) is 41.3 Å². The molecule has 1 aliphatic rings. The van der Waals surface area contributed by atoms with Gasteiger partial charge in [-0.15, -0.1) is 0 Å². The second-order valence-electron chi connectivity index (χ2n) is 8.82. The Morgan fingerprint density at radius 2 is 2.03 bits per heavy atom. The number of benzene rings is 2. The minimum atomic E-state index is -0.264. The van der Waals surface area contributed by atoms with Gasteiger partial charge in [-0.2, -0.15) is 0 Å². The molecule has 3 aromatic rings. The number of ether oxygens (including phenoxy) is 2. The van der Waals surface area contributed by atoms with Crippen molar-refractivity contribution >= 4 is 16.9 Å². The number of aromatic nitrogens is 2. The van der Waals surface area contributed by atoms with Crippen molar-refractivity contribution in [2.24, 2.45) is 0 Å². The molecule has 1 aromatic heterocycles. The second kappa shape index (κ2) is 11.3. The van der Waals surface area contributed by atoms with E-state index in [4.69, 9.17) is 14.5 Å². The van der Waals surface area contributed by atoms with Crippen LogP contribution < -0.4 is 10.1 Å². The number of hydrogen-bond acceptors (Lipinski definition) is 4. The quantitative estimate of drug-likeness (QED) is 0.430. The van der Waals surface area contributed by atoms with Crippen LogP contribution in [0.5, 0.6) is 5.75 Å². The highest BCUT2D eigenvalue weighted by atomic mass is 16.5. The molecule has 176 valence electrons. The molecule has 1 fully saturated rings. The first-order valence-corrected chi connectivity index (χ1v) is 12.2. The Labute approximate surface area is 196 Å². The van der Waals surface area contributed by atoms with Crippen molar-refractivity contribution in [2.75, 3.05) is 19.8 Å². The number of fused-ring (bicyclic) bond motifs is 1. The van der Waals surface area contributed by atoms with Gasteiger partial charge in [0.25, 0.3) is 0 Å². The van der Waals surface area contributed by atoms with Crippen molar-refractivity contribution in [1.29, 1.82) is 0 Å². The summed E-state index contributed by atoms with van der Waals surface area (Å²) >= 11 is 0. The number of hydrogen-bond donors (Lipinski definition) is 1. The first-order valence-electron chi connectivity index (χ1n) is 12.2. The van der Waals surface area contributed by atoms with Crippen LogP contribution in [0.3, 0.4) is 0 Å². The lowest BCUT2D eigenvalue weighted by atomic mass is 10.1. The maximum absolute atomic E-state index is 12.1. The first-order chi connectivity index (χ1) is 16.1. The summed E-state index contributed by atoms with van der Waals surface area (Å²) in [5, 5.41) is 3.01. The van der Waals surface area contributed by atoms with Crippen molar-refractivity contribution < 1.29 is 14.3 Å². The minimum Gasteiger partial charge on any atom is -0.493 e. The average Bonchev–Trinajstić information content (AvgIpc) is 3.48. The van der Waals surface area contributed by atoms with E-state index in [1.807, 2.05) is 18.2 Å². The second-order valence-corrected chi connectivity index (χ2v) is 8.82. The van der Waals surface area contributed by atoms with Crippen LogP contribution in [0.4, 0.5) is 0 Å². The summed E-state index contributed by atoms with van der Waals surface area (Å²) in [5.74, 6) is 2.08. The Hall–Kier alpha value is -2.86. The fourth-order valence-electron chi connectivity index (χ4n) is 4.36. The highest BCUT2D eigenvalue weighted by molar-refractivity contribution is 5.80. The van der Waals surface area contributed by atoms with E-state index in [9.17, 15) is 4.79 Å². The number of para-hydroxylation sites is 2. The third kappa shape index (κ3) is 5.93. The summed E-state index contributed by atoms with van der Waals surface area (Å²) in [6.45, 7) is 7.18. The van der Waals surface area contributed by atoms with E-state index in [-0.39, 0.29) is 12.0 Å². The van der Waals surface area contributed by atoms with Gasteiger partial charge >= 0.3 is 0 Å². The molecule has 6 heteroatoms. The molecule has 0 radical (unpaired) electrons. The van der Waals surface area contributed by atoms with E-state index in [1.165, 1.54) is 16.6 Å². The minimum absolute atomic E-state index is 0.0184. The highest BCUT2D eigenvalue weighted by Gasteiger charge is 2.22. The van der Waals surface area contributed by atoms with Gasteiger partial charge in [-0.25, -0.2) is 4.98 Å². The summed E-state index contributed by atoms with van der Waals surface area (Å²) in [5.41, 5.74) is 4.68. The van der Waals surface area contributed by atoms with Crippen LogP contribution in [0.2, 0.25) is 0 Å². The number of nitrogens with one attached hydrogen (secondary N) is 1. The van der Waals surface area contributed by atoms with Crippen LogP contribution in [0, 0.1) is 13.8 Å². The van der Waals surface area contributed by atoms with Crippen LogP contribution in [0.1, 0.15) is 49.1 Å². The molecule has 6 nitrogen and oxygen atoms in total. The Kier molecular flexibility index (Phi) is 8.00. The Morgan fingerprint density at radius 1 is 1.15 bits per heavy atom. The Bertz CT molecular complexity index is 1070. The average molecular weight is 450 g/mol. The lowest BCUT2D eigenvalue weighted by molar-refractivity contribution is -0.130. The first kappa shape index (κ1) is 23.3. The molecule has 2 heterocycles. The number of unbranched alkanes of at least 4 members (excludes halogenated alkanes) is 1. The van der Waals surface area contributed by atoms with Crippen molar-refractivity contribution in [2.45, 2.75) is 65.0 Å². The molecule has 0 spiro atoms. The molecular weight excluding hydrogens is 414 g/mol. The molecule has 1 saturated heterocycles. The van der Waals surface area contributed by atoms with Gasteiger partial charge in [0.15, 0.2) is 0 Å². The number of imidazole rings is 1. The van der Waals surface area contributed by atoms with Gasteiger partial charge < -0.3 is 19.4 Å². The zero-order valence-electron chi connectivity index (χ0n) is 19.8. The number of carbonyl (C=O) groups is 1. The predicted molar refractivity (Wildman–Crippen MR) is 131 cm³/mol. The number of aryl methyl sites for hydroxylation is 3. The van der Waals surface area contributed by atoms with E-state index >= 15 is 0 Å². The summed E-state index contributed by atoms with van der Waals surface area (Å²) in [6, 6.07) is 14.5. The third-order valence-corrected chi connectivity index (χ3v) is 6.42. The molecule has 1 unspecified atom stereocenters. The van der Waals surface area contributed by atoms with Crippen LogP contribution in [0.15, 0.2) is 42.5 Å². The fourth-order valence-corrected chi connectivity index (χ4v) is 4.36. The summed E-state index contributed by atoms with van der Waals surface area (Å²) in [7, 11) is 0. The van der Waals surface area contributed by atoms with Gasteiger partial charge in [0.05, 0.1) is 17.6 Å². The van der Waals surface area contributed by atoms with Crippen LogP contribution >= 0.6 is 0 Å². The summed E-state index contributed by atoms with van der Waals surface area (Å²) in [4.78, 5) is 17.0. The van der Waals surface area contributed by atoms with E-state index in [0.29, 0.717) is 19.8 Å². The largest absolute Gasteiger partial charge is 0.493 e. The zero-order valence-corrected chi connectivity index (χ0v) is 19.8. The highest BCUT2D eigenvalue weighted by Crippen LogP contribution is 2.21. The normalized spacial score (nSPS) is 15.8. The smallest absolute Gasteiger partial charge is 0.249 e. The SMILES string of the molecule is Cc1cccc(OCCCCn2c(CCCNC(=O)C3CCCO3)nc3ccccc32)c1C. The van der Waals surface area contributed by atoms with Crippen LogP contribution in [-0.2, 0) is 22.5 Å². The van der Waals surface area contributed by atoms with Crippen molar-refractivity contribution in [3.63, 3.8) is 0 Å². The molecule has 1 atom stereocenters. The lowest BCUT2D eigenvalue weighted by Gasteiger charge is -2.13. The lowest BCUT2D eigenvalue weighted by Crippen LogP contribution is -2.34. The fraction of sp³-hybridized carbons (Fsp3) is 0.481. The number of rotatable bonds is 11. The molecule has 1 aliphatic heterocycles. The monoisotopic (exact) mass is 449 g/mol. The number of carbonyl (C=O) groups excluding carboxylic acids is 1. The molecule has 2 aromatic carbocycles. The van der Waals surface area contributed by atoms with Gasteiger partial charge in [0.2, 0.25) is 5.91 Å². The van der Waals surface area contributed by atoms with Gasteiger partial charge in [0.1, 0.15) is 17.7 Å². The maximum atomic E-state index is 12.1. The van der Waals surface area contributed by atoms with E-state index in [1.54, 1.807) is 0 Å². The maximum Gasteiger partial charge on any atom is 0.249 e. The van der Waals surface area contributed by atoms with Gasteiger partial charge in [0, 0.05) is 26.1 Å². The Balaban J connectivity index is 1.28. The third-order valence-electron chi connectivity index (χ3n) is 6.42. The Morgan fingerprint density at radius 3 is 2.88 bits per heavy atom. The van der Waals surface area contributed by atoms with Gasteiger partial charge in [-0.05, 0) is 75.3 Å². The van der Waals surface area contributed by atoms with Crippen LogP contribution in [0.25, 0.3) is 11.0 Å². The van der Waals surface area contributed by atoms with Gasteiger partial charge in [-0.1, -0.05) is 24.3 Å². The molecule has 0 aliphatic carbocycles. The van der Waals surface area contributed by atoms with E-state index in [0.717, 1.165) is 62.2 Å². The van der Waals surface area contributed by atoms with Crippen molar-refractivity contribution in [1.82, 2.24) is 14.9 Å². The van der Waals surface area contributed by atoms with E-state index in [2.05, 4.69) is 48.0 Å². The molecule has 33 heavy (non-hydrogen) atoms. The standard InChI is InChI=1S/C27H35N3O3/c1-20-10-7-13-24(21(20)2)32-18-6-5-17-30-23-12-4-3-11-22(23)29-26(30)15-8-16-28-27(31)25-14-9-19-33-25/h3-4,7,10-13,25H,5-6,8-9,14-19H2,1-2H3,(H,28,31). The summed E-state index contributed by atoms with van der Waals surface area (Å²) in [6.07, 6.45) is 5.23. The topological polar surface area (TPSA) is 65.4 Å². The molecule has 1 N–H and O–H groups in total. The van der Waals surface area contributed by atoms with Gasteiger partial charge in [-0.3, -0.25) is 4.79 Å². The molecular formula is C27H35N3O3. The zero-order chi connectivity index (χ0) is 23.0. The predicted octanol–water partition coefficient (Wildman–Crippen LogP) is 4.74. The molecule has 1 amide bonds. The molecule has 0 bridgehead atoms. The summed E-state index contributed by atoms with van der Waals surface area (Å²) < 4.78 is 13.8. The van der Waals surface area contributed by atoms with E-state index < -0.39 is 0 Å². The molecule has 0 saturated carbocycles. The molecule has 4 rings (SSSR count). The number of nitrogens with zero attached hydrogens (tertiary/aromatic N) is 2. The van der Waals surface area contributed by atoms with Crippen molar-refractivity contribution in [3.8, 4) is 5.75 Å². The number of amides is 1. The van der Waals surface area contributed by atoms with Crippen molar-refractivity contribution in [3.05, 3.63) is 59.4 Å².